The molecule has 0 aliphatic rings. The third-order valence-corrected chi connectivity index (χ3v) is 6.99. The largest absolute Gasteiger partial charge is 0.491 e. The van der Waals surface area contributed by atoms with Crippen LogP contribution in [0.4, 0.5) is 0 Å². The van der Waals surface area contributed by atoms with Crippen LogP contribution in [0.5, 0.6) is 5.75 Å². The molecule has 0 bridgehead atoms. The summed E-state index contributed by atoms with van der Waals surface area (Å²) in [6.45, 7) is 6.59. The first-order valence-corrected chi connectivity index (χ1v) is 13.6. The summed E-state index contributed by atoms with van der Waals surface area (Å²) >= 11 is 1.29. The summed E-state index contributed by atoms with van der Waals surface area (Å²) in [5.41, 5.74) is 4.28. The monoisotopic (exact) mass is 474 g/mol. The minimum atomic E-state index is 0.0736. The van der Waals surface area contributed by atoms with Gasteiger partial charge in [0.05, 0.1) is 6.10 Å². The van der Waals surface area contributed by atoms with Crippen molar-refractivity contribution in [2.24, 2.45) is 0 Å². The van der Waals surface area contributed by atoms with Gasteiger partial charge in [0.25, 0.3) is 0 Å². The van der Waals surface area contributed by atoms with E-state index in [4.69, 9.17) is 4.74 Å². The highest BCUT2D eigenvalue weighted by Crippen LogP contribution is 2.27. The Labute approximate surface area is 210 Å². The van der Waals surface area contributed by atoms with Gasteiger partial charge in [0.15, 0.2) is 0 Å². The number of aryl methyl sites for hydroxylation is 1. The zero-order valence-electron chi connectivity index (χ0n) is 20.9. The maximum atomic E-state index is 12.7. The van der Waals surface area contributed by atoms with E-state index in [9.17, 15) is 4.79 Å². The van der Waals surface area contributed by atoms with E-state index < -0.39 is 0 Å². The van der Waals surface area contributed by atoms with Gasteiger partial charge >= 0.3 is 0 Å². The highest BCUT2D eigenvalue weighted by molar-refractivity contribution is 8.14. The normalized spacial score (nSPS) is 11.9. The second kappa shape index (κ2) is 14.0. The molecule has 1 atom stereocenters. The highest BCUT2D eigenvalue weighted by atomic mass is 32.2. The minimum Gasteiger partial charge on any atom is -0.491 e. The van der Waals surface area contributed by atoms with Crippen LogP contribution in [-0.4, -0.2) is 11.2 Å². The first kappa shape index (κ1) is 26.1. The summed E-state index contributed by atoms with van der Waals surface area (Å²) < 4.78 is 6.07. The van der Waals surface area contributed by atoms with Crippen LogP contribution in [0, 0.1) is 0 Å². The van der Waals surface area contributed by atoms with Crippen LogP contribution in [-0.2, 0) is 6.42 Å². The first-order chi connectivity index (χ1) is 16.6. The third kappa shape index (κ3) is 8.36. The standard InChI is InChI=1S/C31H38O2S/c1-4-6-8-9-10-24(3)33-29-20-18-27(19-21-29)26-14-16-28(17-15-26)31(32)34-30-22-12-25(13-23-30)11-7-5-2/h12-24H,4-11H2,1-3H3/t24-/m0/s1. The third-order valence-electron chi connectivity index (χ3n) is 6.06. The van der Waals surface area contributed by atoms with Gasteiger partial charge in [0, 0.05) is 10.5 Å². The number of rotatable bonds is 13. The van der Waals surface area contributed by atoms with Gasteiger partial charge in [-0.15, -0.1) is 0 Å². The molecule has 0 amide bonds. The molecule has 180 valence electrons. The molecule has 34 heavy (non-hydrogen) atoms. The van der Waals surface area contributed by atoms with Gasteiger partial charge in [0.1, 0.15) is 5.75 Å². The van der Waals surface area contributed by atoms with E-state index in [-0.39, 0.29) is 11.2 Å². The summed E-state index contributed by atoms with van der Waals surface area (Å²) in [6.07, 6.45) is 9.89. The Kier molecular flexibility index (Phi) is 10.8. The maximum Gasteiger partial charge on any atom is 0.224 e. The number of thioether (sulfide) groups is 1. The summed E-state index contributed by atoms with van der Waals surface area (Å²) in [6, 6.07) is 24.5. The Morgan fingerprint density at radius 2 is 1.38 bits per heavy atom. The molecule has 0 aromatic heterocycles. The minimum absolute atomic E-state index is 0.0736. The number of carbonyl (C=O) groups is 1. The molecule has 0 unspecified atom stereocenters. The van der Waals surface area contributed by atoms with Crippen molar-refractivity contribution >= 4 is 16.9 Å². The van der Waals surface area contributed by atoms with E-state index >= 15 is 0 Å². The maximum absolute atomic E-state index is 12.7. The van der Waals surface area contributed by atoms with Crippen molar-refractivity contribution < 1.29 is 9.53 Å². The van der Waals surface area contributed by atoms with Gasteiger partial charge in [-0.1, -0.05) is 75.9 Å². The van der Waals surface area contributed by atoms with Gasteiger partial charge in [-0.05, 0) is 97.5 Å². The van der Waals surface area contributed by atoms with Crippen molar-refractivity contribution in [2.75, 3.05) is 0 Å². The van der Waals surface area contributed by atoms with Crippen LogP contribution in [0.15, 0.2) is 77.7 Å². The second-order valence-corrected chi connectivity index (χ2v) is 10.1. The molecular weight excluding hydrogens is 436 g/mol. The molecule has 3 rings (SSSR count). The molecule has 0 N–H and O–H groups in total. The van der Waals surface area contributed by atoms with Gasteiger partial charge in [-0.3, -0.25) is 4.79 Å². The first-order valence-electron chi connectivity index (χ1n) is 12.8. The van der Waals surface area contributed by atoms with Crippen LogP contribution in [0.25, 0.3) is 11.1 Å². The second-order valence-electron chi connectivity index (χ2n) is 9.02. The average molecular weight is 475 g/mol. The quantitative estimate of drug-likeness (QED) is 0.182. The summed E-state index contributed by atoms with van der Waals surface area (Å²) in [5.74, 6) is 0.913. The average Bonchev–Trinajstić information content (AvgIpc) is 2.87. The van der Waals surface area contributed by atoms with E-state index in [1.165, 1.54) is 55.9 Å². The van der Waals surface area contributed by atoms with E-state index in [0.717, 1.165) is 40.2 Å². The predicted octanol–water partition coefficient (Wildman–Crippen LogP) is 9.37. The van der Waals surface area contributed by atoms with Crippen molar-refractivity contribution in [3.8, 4) is 16.9 Å². The van der Waals surface area contributed by atoms with Crippen LogP contribution in [0.1, 0.15) is 81.6 Å². The summed E-state index contributed by atoms with van der Waals surface area (Å²) in [4.78, 5) is 13.7. The molecule has 0 spiro atoms. The van der Waals surface area contributed by atoms with Crippen LogP contribution < -0.4 is 4.74 Å². The zero-order valence-corrected chi connectivity index (χ0v) is 21.7. The smallest absolute Gasteiger partial charge is 0.224 e. The Morgan fingerprint density at radius 3 is 2.00 bits per heavy atom. The molecule has 0 fully saturated rings. The zero-order chi connectivity index (χ0) is 24.2. The summed E-state index contributed by atoms with van der Waals surface area (Å²) in [5, 5.41) is 0.0736. The fraction of sp³-hybridized carbons (Fsp3) is 0.387. The van der Waals surface area contributed by atoms with Gasteiger partial charge in [-0.2, -0.15) is 0 Å². The topological polar surface area (TPSA) is 26.3 Å². The van der Waals surface area contributed by atoms with Crippen LogP contribution in [0.3, 0.4) is 0 Å². The molecule has 0 saturated carbocycles. The number of carbonyl (C=O) groups excluding carboxylic acids is 1. The number of unbranched alkanes of at least 4 members (excludes halogenated alkanes) is 4. The van der Waals surface area contributed by atoms with Crippen molar-refractivity contribution in [1.29, 1.82) is 0 Å². The fourth-order valence-corrected chi connectivity index (χ4v) is 4.69. The SMILES string of the molecule is CCCCCC[C@H](C)Oc1ccc(-c2ccc(C(=O)Sc3ccc(CCCC)cc3)cc2)cc1. The van der Waals surface area contributed by atoms with Crippen molar-refractivity contribution in [3.05, 3.63) is 83.9 Å². The molecule has 0 heterocycles. The highest BCUT2D eigenvalue weighted by Gasteiger charge is 2.10. The van der Waals surface area contributed by atoms with E-state index in [2.05, 4.69) is 57.2 Å². The number of benzene rings is 3. The Morgan fingerprint density at radius 1 is 0.765 bits per heavy atom. The molecule has 3 heteroatoms. The Hall–Kier alpha value is -2.52. The molecule has 3 aromatic rings. The number of ether oxygens (including phenoxy) is 1. The Balaban J connectivity index is 1.52. The van der Waals surface area contributed by atoms with Crippen molar-refractivity contribution in [2.45, 2.75) is 83.1 Å². The number of hydrogen-bond acceptors (Lipinski definition) is 3. The lowest BCUT2D eigenvalue weighted by Crippen LogP contribution is -2.11. The molecular formula is C31H38O2S. The van der Waals surface area contributed by atoms with Crippen LogP contribution >= 0.6 is 11.8 Å². The molecule has 3 aromatic carbocycles. The van der Waals surface area contributed by atoms with E-state index in [1.807, 2.05) is 36.4 Å². The summed E-state index contributed by atoms with van der Waals surface area (Å²) in [7, 11) is 0. The molecule has 0 radical (unpaired) electrons. The van der Waals surface area contributed by atoms with Gasteiger partial charge in [-0.25, -0.2) is 0 Å². The number of hydrogen-bond donors (Lipinski definition) is 0. The van der Waals surface area contributed by atoms with Gasteiger partial charge in [0.2, 0.25) is 5.12 Å². The van der Waals surface area contributed by atoms with Crippen molar-refractivity contribution in [3.63, 3.8) is 0 Å². The fourth-order valence-electron chi connectivity index (χ4n) is 3.95. The lowest BCUT2D eigenvalue weighted by atomic mass is 10.0. The van der Waals surface area contributed by atoms with Gasteiger partial charge < -0.3 is 4.74 Å². The molecule has 2 nitrogen and oxygen atoms in total. The predicted molar refractivity (Wildman–Crippen MR) is 146 cm³/mol. The molecule has 0 saturated heterocycles. The molecule has 0 aliphatic carbocycles. The Bertz CT molecular complexity index is 991. The van der Waals surface area contributed by atoms with Crippen LogP contribution in [0.2, 0.25) is 0 Å². The molecule has 0 aliphatic heterocycles. The van der Waals surface area contributed by atoms with Crippen molar-refractivity contribution in [1.82, 2.24) is 0 Å². The lowest BCUT2D eigenvalue weighted by molar-refractivity contribution is 0.108. The van der Waals surface area contributed by atoms with E-state index in [1.54, 1.807) is 0 Å². The lowest BCUT2D eigenvalue weighted by Gasteiger charge is -2.15. The van der Waals surface area contributed by atoms with E-state index in [0.29, 0.717) is 0 Å².